The highest BCUT2D eigenvalue weighted by atomic mass is 16.1. The molecule has 1 aliphatic heterocycles. The fraction of sp³-hybridized carbons (Fsp3) is 0.400. The van der Waals surface area contributed by atoms with Crippen molar-refractivity contribution in [2.75, 3.05) is 49.3 Å². The molecule has 1 fully saturated rings. The van der Waals surface area contributed by atoms with E-state index >= 15 is 0 Å². The highest BCUT2D eigenvalue weighted by molar-refractivity contribution is 6.02. The maximum Gasteiger partial charge on any atom is 0.248 e. The number of ketones is 1. The molecule has 45 heavy (non-hydrogen) atoms. The molecule has 0 saturated carbocycles. The number of nitrogens with zero attached hydrogens (tertiary/aromatic N) is 6. The topological polar surface area (TPSA) is 108 Å². The number of benzene rings is 2. The molecule has 2 N–H and O–H groups in total. The molecule has 2 aromatic heterocycles. The molecule has 10 heteroatoms. The van der Waals surface area contributed by atoms with Crippen LogP contribution in [0.3, 0.4) is 0 Å². The SMILES string of the molecule is CC1CCN(c2nc(NCc3cccc(CC(=O)c4cccc(NC(=O)/C=C/CN(C)C)c4)c3)n3ncc(C(C)C)c3n2)CC1. The van der Waals surface area contributed by atoms with Crippen LogP contribution in [0, 0.1) is 5.92 Å². The highest BCUT2D eigenvalue weighted by Crippen LogP contribution is 2.26. The van der Waals surface area contributed by atoms with Crippen molar-refractivity contribution in [1.29, 1.82) is 0 Å². The van der Waals surface area contributed by atoms with E-state index in [9.17, 15) is 9.59 Å². The largest absolute Gasteiger partial charge is 0.350 e. The van der Waals surface area contributed by atoms with Crippen LogP contribution >= 0.6 is 0 Å². The van der Waals surface area contributed by atoms with Crippen molar-refractivity contribution >= 4 is 34.9 Å². The van der Waals surface area contributed by atoms with E-state index in [0.717, 1.165) is 54.2 Å². The maximum absolute atomic E-state index is 13.2. The zero-order valence-electron chi connectivity index (χ0n) is 27.0. The number of carbonyl (C=O) groups excluding carboxylic acids is 2. The van der Waals surface area contributed by atoms with E-state index in [1.807, 2.05) is 49.5 Å². The lowest BCUT2D eigenvalue weighted by atomic mass is 10.00. The zero-order chi connectivity index (χ0) is 31.9. The van der Waals surface area contributed by atoms with Gasteiger partial charge in [0.1, 0.15) is 0 Å². The monoisotopic (exact) mass is 608 g/mol. The Labute approximate surface area is 265 Å². The molecule has 3 heterocycles. The normalized spacial score (nSPS) is 14.2. The number of nitrogens with one attached hydrogen (secondary N) is 2. The molecule has 1 aliphatic rings. The molecule has 0 radical (unpaired) electrons. The van der Waals surface area contributed by atoms with Gasteiger partial charge in [-0.2, -0.15) is 19.6 Å². The summed E-state index contributed by atoms with van der Waals surface area (Å²) in [7, 11) is 3.88. The van der Waals surface area contributed by atoms with Crippen molar-refractivity contribution in [3.63, 3.8) is 0 Å². The van der Waals surface area contributed by atoms with Gasteiger partial charge in [0.15, 0.2) is 11.4 Å². The van der Waals surface area contributed by atoms with E-state index in [0.29, 0.717) is 36.2 Å². The minimum Gasteiger partial charge on any atom is -0.350 e. The minimum atomic E-state index is -0.226. The van der Waals surface area contributed by atoms with E-state index in [4.69, 9.17) is 9.97 Å². The van der Waals surface area contributed by atoms with Crippen molar-refractivity contribution in [3.05, 3.63) is 89.1 Å². The van der Waals surface area contributed by atoms with Crippen molar-refractivity contribution in [2.45, 2.75) is 52.5 Å². The van der Waals surface area contributed by atoms with E-state index in [-0.39, 0.29) is 24.0 Å². The molecule has 236 valence electrons. The summed E-state index contributed by atoms with van der Waals surface area (Å²) in [6.45, 7) is 9.68. The molecule has 1 saturated heterocycles. The first-order valence-corrected chi connectivity index (χ1v) is 15.7. The Balaban J connectivity index is 1.27. The van der Waals surface area contributed by atoms with Gasteiger partial charge in [-0.15, -0.1) is 0 Å². The summed E-state index contributed by atoms with van der Waals surface area (Å²) >= 11 is 0. The molecular weight excluding hydrogens is 564 g/mol. The molecule has 5 rings (SSSR count). The smallest absolute Gasteiger partial charge is 0.248 e. The number of hydrogen-bond acceptors (Lipinski definition) is 8. The van der Waals surface area contributed by atoms with E-state index < -0.39 is 0 Å². The number of fused-ring (bicyclic) bond motifs is 1. The molecule has 2 aromatic carbocycles. The van der Waals surface area contributed by atoms with E-state index in [2.05, 4.69) is 41.4 Å². The third-order valence-corrected chi connectivity index (χ3v) is 8.07. The van der Waals surface area contributed by atoms with Crippen molar-refractivity contribution in [2.24, 2.45) is 5.92 Å². The Morgan fingerprint density at radius 2 is 1.80 bits per heavy atom. The van der Waals surface area contributed by atoms with Crippen LogP contribution in [0.25, 0.3) is 5.65 Å². The minimum absolute atomic E-state index is 0.0184. The Hall–Kier alpha value is -4.57. The number of piperidine rings is 1. The molecular formula is C35H44N8O2. The van der Waals surface area contributed by atoms with E-state index in [1.165, 1.54) is 6.08 Å². The fourth-order valence-corrected chi connectivity index (χ4v) is 5.40. The number of carbonyl (C=O) groups is 2. The second-order valence-corrected chi connectivity index (χ2v) is 12.5. The molecule has 10 nitrogen and oxygen atoms in total. The van der Waals surface area contributed by atoms with Gasteiger partial charge in [0, 0.05) is 55.5 Å². The molecule has 1 amide bonds. The maximum atomic E-state index is 13.2. The lowest BCUT2D eigenvalue weighted by Gasteiger charge is -2.30. The first-order chi connectivity index (χ1) is 21.7. The molecule has 0 aliphatic carbocycles. The molecule has 0 atom stereocenters. The van der Waals surface area contributed by atoms with Crippen LogP contribution in [0.1, 0.15) is 66.6 Å². The van der Waals surface area contributed by atoms with E-state index in [1.54, 1.807) is 34.9 Å². The van der Waals surface area contributed by atoms with Crippen LogP contribution in [-0.2, 0) is 17.8 Å². The number of Topliss-reactive ketones (excluding diaryl/α,β-unsaturated/α-hetero) is 1. The quantitative estimate of drug-likeness (QED) is 0.159. The van der Waals surface area contributed by atoms with Crippen molar-refractivity contribution in [1.82, 2.24) is 24.5 Å². The van der Waals surface area contributed by atoms with Gasteiger partial charge in [-0.25, -0.2) is 0 Å². The first-order valence-electron chi connectivity index (χ1n) is 15.7. The third kappa shape index (κ3) is 8.33. The number of anilines is 3. The Morgan fingerprint density at radius 3 is 2.56 bits per heavy atom. The van der Waals surface area contributed by atoms with Crippen LogP contribution in [0.4, 0.5) is 17.6 Å². The average Bonchev–Trinajstić information content (AvgIpc) is 3.45. The second kappa shape index (κ2) is 14.5. The van der Waals surface area contributed by atoms with Crippen molar-refractivity contribution in [3.8, 4) is 0 Å². The first kappa shape index (κ1) is 31.8. The van der Waals surface area contributed by atoms with Gasteiger partial charge in [0.25, 0.3) is 0 Å². The number of hydrogen-bond donors (Lipinski definition) is 2. The van der Waals surface area contributed by atoms with Gasteiger partial charge < -0.3 is 20.4 Å². The Morgan fingerprint density at radius 1 is 1.04 bits per heavy atom. The standard InChI is InChI=1S/C35H44N8O2/c1-24(2)30-23-37-43-33(30)39-35(42-17-14-25(3)15-18-42)40-34(43)36-22-27-10-6-9-26(19-27)20-31(44)28-11-7-12-29(21-28)38-32(45)13-8-16-41(4)5/h6-13,19,21,23-25H,14-18,20,22H2,1-5H3,(H,38,45)(H,36,39,40)/b13-8+. The lowest BCUT2D eigenvalue weighted by molar-refractivity contribution is -0.111. The lowest BCUT2D eigenvalue weighted by Crippen LogP contribution is -2.34. The summed E-state index contributed by atoms with van der Waals surface area (Å²) in [4.78, 5) is 39.6. The number of aromatic nitrogens is 4. The summed E-state index contributed by atoms with van der Waals surface area (Å²) in [5, 5.41) is 11.0. The molecule has 0 spiro atoms. The summed E-state index contributed by atoms with van der Waals surface area (Å²) < 4.78 is 1.79. The fourth-order valence-electron chi connectivity index (χ4n) is 5.40. The average molecular weight is 609 g/mol. The number of amides is 1. The van der Waals surface area contributed by atoms with Crippen LogP contribution < -0.4 is 15.5 Å². The van der Waals surface area contributed by atoms with Gasteiger partial charge >= 0.3 is 0 Å². The van der Waals surface area contributed by atoms with Crippen LogP contribution in [0.5, 0.6) is 0 Å². The Kier molecular flexibility index (Phi) is 10.2. The van der Waals surface area contributed by atoms with Gasteiger partial charge in [-0.1, -0.05) is 63.2 Å². The van der Waals surface area contributed by atoms with Gasteiger partial charge in [-0.05, 0) is 62.0 Å². The molecule has 0 bridgehead atoms. The second-order valence-electron chi connectivity index (χ2n) is 12.5. The molecule has 4 aromatic rings. The predicted molar refractivity (Wildman–Crippen MR) is 180 cm³/mol. The third-order valence-electron chi connectivity index (χ3n) is 8.07. The summed E-state index contributed by atoms with van der Waals surface area (Å²) in [5.74, 6) is 2.15. The predicted octanol–water partition coefficient (Wildman–Crippen LogP) is 5.58. The Bertz CT molecular complexity index is 1670. The van der Waals surface area contributed by atoms with Gasteiger partial charge in [-0.3, -0.25) is 9.59 Å². The van der Waals surface area contributed by atoms with Gasteiger partial charge in [0.05, 0.1) is 6.20 Å². The van der Waals surface area contributed by atoms with Gasteiger partial charge in [0.2, 0.25) is 17.8 Å². The molecule has 0 unspecified atom stereocenters. The van der Waals surface area contributed by atoms with Crippen molar-refractivity contribution < 1.29 is 9.59 Å². The van der Waals surface area contributed by atoms with Crippen LogP contribution in [0.2, 0.25) is 0 Å². The van der Waals surface area contributed by atoms with Crippen LogP contribution in [0.15, 0.2) is 66.9 Å². The zero-order valence-corrected chi connectivity index (χ0v) is 27.0. The summed E-state index contributed by atoms with van der Waals surface area (Å²) in [5.41, 5.74) is 5.01. The highest BCUT2D eigenvalue weighted by Gasteiger charge is 2.22. The number of likely N-dealkylation sites (N-methyl/N-ethyl adjacent to an activating group) is 1. The van der Waals surface area contributed by atoms with Crippen LogP contribution in [-0.4, -0.2) is 69.9 Å². The number of rotatable bonds is 12. The summed E-state index contributed by atoms with van der Waals surface area (Å²) in [6.07, 6.45) is 7.70. The summed E-state index contributed by atoms with van der Waals surface area (Å²) in [6, 6.07) is 15.1.